The van der Waals surface area contributed by atoms with Crippen LogP contribution in [0.3, 0.4) is 0 Å². The Morgan fingerprint density at radius 2 is 1.02 bits per heavy atom. The molecule has 35 heteroatoms. The molecule has 14 N–H and O–H groups in total. The summed E-state index contributed by atoms with van der Waals surface area (Å²) < 4.78 is 94.8. The molecule has 103 heavy (non-hydrogen) atoms. The zero-order valence-corrected chi connectivity index (χ0v) is 55.3. The average Bonchev–Trinajstić information content (AvgIpc) is 1.60. The van der Waals surface area contributed by atoms with E-state index in [9.17, 15) is 95.5 Å². The van der Waals surface area contributed by atoms with E-state index >= 15 is 0 Å². The lowest BCUT2D eigenvalue weighted by Gasteiger charge is -2.50. The molecule has 0 aromatic heterocycles. The number of aliphatic hydroxyl groups excluding tert-OH is 12. The van der Waals surface area contributed by atoms with Gasteiger partial charge in [0.2, 0.25) is 12.1 Å². The molecule has 0 saturated carbocycles. The highest BCUT2D eigenvalue weighted by Crippen LogP contribution is 2.43. The SMILES string of the molecule is COc1cc(/C=C/C(=O)OC[C@@]2(O[C@H]3O[C@H](COC(C)=O)[C@@H](OC(=O)/C=C/c4ccc(O[C@@H]5O[C@@H](C)[C@H](O)[C@@H](O)[C@H]5O)c(OC)c4)[C@H](O[C@@H]4O[C@H](COC(=O)/C=C/c5ccc(O)cc5)[C@@H](O)[C@H](O)[C@H]4O)[C@H]3O[C@@H]3O[C@H](CO)[C@@H](O)[C@H](O)[C@H]3O)O[C@H](CO)[C@@H](O)[C@@H]2OC(=O)c2ccccc2)ccc1O. The molecule has 0 bridgehead atoms. The van der Waals surface area contributed by atoms with Crippen molar-refractivity contribution in [2.24, 2.45) is 0 Å². The summed E-state index contributed by atoms with van der Waals surface area (Å²) in [5.41, 5.74) is 0.710. The largest absolute Gasteiger partial charge is 0.508 e. The van der Waals surface area contributed by atoms with E-state index < -0.39 is 210 Å². The van der Waals surface area contributed by atoms with Gasteiger partial charge in [-0.3, -0.25) is 4.79 Å². The Morgan fingerprint density at radius 1 is 0.485 bits per heavy atom. The van der Waals surface area contributed by atoms with Gasteiger partial charge in [0, 0.05) is 25.2 Å². The van der Waals surface area contributed by atoms with E-state index in [0.717, 1.165) is 31.2 Å². The Morgan fingerprint density at radius 3 is 1.65 bits per heavy atom. The number of aromatic hydroxyl groups is 2. The lowest BCUT2D eigenvalue weighted by Crippen LogP contribution is -2.69. The molecule has 562 valence electrons. The van der Waals surface area contributed by atoms with Crippen molar-refractivity contribution in [2.75, 3.05) is 47.3 Å². The summed E-state index contributed by atoms with van der Waals surface area (Å²) in [6, 6.07) is 20.7. The maximum absolute atomic E-state index is 14.7. The fourth-order valence-corrected chi connectivity index (χ4v) is 11.4. The molecule has 0 aliphatic carbocycles. The number of ether oxygens (including phenoxy) is 16. The molecule has 0 spiro atoms. The van der Waals surface area contributed by atoms with Crippen molar-refractivity contribution in [2.45, 2.75) is 161 Å². The molecule has 4 aromatic carbocycles. The third kappa shape index (κ3) is 19.2. The third-order valence-electron chi connectivity index (χ3n) is 17.0. The quantitative estimate of drug-likeness (QED) is 0.0162. The minimum atomic E-state index is -3.02. The van der Waals surface area contributed by atoms with Crippen LogP contribution < -0.4 is 14.2 Å². The first-order valence-electron chi connectivity index (χ1n) is 32.0. The smallest absolute Gasteiger partial charge is 0.338 e. The van der Waals surface area contributed by atoms with Gasteiger partial charge in [-0.15, -0.1) is 0 Å². The Labute approximate surface area is 585 Å². The van der Waals surface area contributed by atoms with Crippen LogP contribution in [-0.2, 0) is 80.8 Å². The lowest BCUT2D eigenvalue weighted by molar-refractivity contribution is -0.421. The standard InChI is InChI=1S/C68H80O35/c1-31-49(77)53(81)56(84)64(93-31)94-39-20-13-35(25-41(39)89-4)16-23-48(76)98-59-45(29-90-32(2)71)97-67(103-68(30-92-47(75)22-15-34-12-19-38(73)40(24-34)88-3)62(52(80)43(27-70)102-68)101-63(87)36-8-6-5-7-9-36)61(100-65-57(85)54(82)50(78)42(26-69)95-65)60(59)99-66-58(86)55(83)51(79)44(96-66)28-91-46(74)21-14-33-10-17-37(72)18-11-33/h5-25,31,42-45,49-62,64-67,69-70,72-73,77-86H,26-30H2,1-4H3/b21-14+,22-15+,23-16+/t31-,42+,43+,44+,45+,49-,50+,51+,52+,53+,54-,55-,56+,57+,58+,59+,60-,61+,62-,64-,65-,66-,67+,68-/m0/s1. The van der Waals surface area contributed by atoms with E-state index in [2.05, 4.69) is 0 Å². The van der Waals surface area contributed by atoms with Gasteiger partial charge in [0.15, 0.2) is 54.1 Å². The highest BCUT2D eigenvalue weighted by Gasteiger charge is 2.64. The molecule has 5 fully saturated rings. The van der Waals surface area contributed by atoms with E-state index in [1.54, 1.807) is 6.07 Å². The summed E-state index contributed by atoms with van der Waals surface area (Å²) in [5, 5.41) is 153. The number of methoxy groups -OCH3 is 2. The first-order valence-corrected chi connectivity index (χ1v) is 32.0. The van der Waals surface area contributed by atoms with Crippen molar-refractivity contribution in [3.8, 4) is 28.7 Å². The fourth-order valence-electron chi connectivity index (χ4n) is 11.4. The second-order valence-electron chi connectivity index (χ2n) is 24.1. The van der Waals surface area contributed by atoms with Crippen molar-refractivity contribution in [3.05, 3.63) is 131 Å². The van der Waals surface area contributed by atoms with Crippen LogP contribution in [0.25, 0.3) is 18.2 Å². The Kier molecular flexibility index (Phi) is 27.1. The van der Waals surface area contributed by atoms with E-state index in [4.69, 9.17) is 75.8 Å². The van der Waals surface area contributed by atoms with Crippen molar-refractivity contribution in [1.82, 2.24) is 0 Å². The summed E-state index contributed by atoms with van der Waals surface area (Å²) in [4.78, 5) is 68.8. The predicted molar refractivity (Wildman–Crippen MR) is 341 cm³/mol. The molecule has 9 rings (SSSR count). The van der Waals surface area contributed by atoms with E-state index in [1.165, 1.54) is 118 Å². The summed E-state index contributed by atoms with van der Waals surface area (Å²) in [6.07, 6.45) is -40.7. The first-order chi connectivity index (χ1) is 49.2. The molecule has 0 amide bonds. The van der Waals surface area contributed by atoms with Crippen LogP contribution >= 0.6 is 0 Å². The van der Waals surface area contributed by atoms with Gasteiger partial charge in [-0.25, -0.2) is 19.2 Å². The van der Waals surface area contributed by atoms with Gasteiger partial charge in [-0.2, -0.15) is 0 Å². The molecule has 5 aliphatic heterocycles. The van der Waals surface area contributed by atoms with Gasteiger partial charge in [0.25, 0.3) is 0 Å². The number of carbonyl (C=O) groups is 5. The van der Waals surface area contributed by atoms with E-state index in [-0.39, 0.29) is 45.4 Å². The maximum Gasteiger partial charge on any atom is 0.338 e. The topological polar surface area (TPSA) is 516 Å². The van der Waals surface area contributed by atoms with Gasteiger partial charge < -0.3 is 147 Å². The second kappa shape index (κ2) is 35.4. The molecule has 4 aromatic rings. The Balaban J connectivity index is 1.15. The van der Waals surface area contributed by atoms with Crippen LogP contribution in [0, 0.1) is 0 Å². The molecule has 5 aliphatic rings. The monoisotopic (exact) mass is 1460 g/mol. The fraction of sp³-hybridized carbons (Fsp3) is 0.485. The normalized spacial score (nSPS) is 33.8. The number of phenolic OH excluding ortho intramolecular Hbond substituents is 2. The molecule has 5 heterocycles. The van der Waals surface area contributed by atoms with Gasteiger partial charge in [-0.1, -0.05) is 42.5 Å². The summed E-state index contributed by atoms with van der Waals surface area (Å²) in [6.45, 7) is -3.05. The number of carbonyl (C=O) groups excluding carboxylic acids is 5. The summed E-state index contributed by atoms with van der Waals surface area (Å²) in [7, 11) is 2.51. The average molecular weight is 1460 g/mol. The van der Waals surface area contributed by atoms with Crippen LogP contribution in [0.15, 0.2) is 109 Å². The van der Waals surface area contributed by atoms with Crippen molar-refractivity contribution < 1.29 is 171 Å². The van der Waals surface area contributed by atoms with Gasteiger partial charge in [-0.05, 0) is 90.4 Å². The molecular formula is C68H80O35. The molecule has 35 nitrogen and oxygen atoms in total. The zero-order valence-electron chi connectivity index (χ0n) is 55.3. The predicted octanol–water partition coefficient (Wildman–Crippen LogP) is -2.88. The van der Waals surface area contributed by atoms with Crippen LogP contribution in [-0.4, -0.2) is 296 Å². The summed E-state index contributed by atoms with van der Waals surface area (Å²) >= 11 is 0. The van der Waals surface area contributed by atoms with E-state index in [0.29, 0.717) is 5.56 Å². The van der Waals surface area contributed by atoms with Crippen molar-refractivity contribution in [3.63, 3.8) is 0 Å². The lowest BCUT2D eigenvalue weighted by atomic mass is 9.95. The van der Waals surface area contributed by atoms with E-state index in [1.807, 2.05) is 0 Å². The minimum absolute atomic E-state index is 0.00524. The number of aliphatic hydroxyl groups is 12. The molecule has 24 atom stereocenters. The third-order valence-corrected chi connectivity index (χ3v) is 17.0. The van der Waals surface area contributed by atoms with Gasteiger partial charge in [0.1, 0.15) is 123 Å². The molecule has 5 saturated heterocycles. The zero-order chi connectivity index (χ0) is 74.6. The number of benzene rings is 4. The first kappa shape index (κ1) is 78.8. The Bertz CT molecular complexity index is 3590. The number of phenols is 2. The molecular weight excluding hydrogens is 1380 g/mol. The highest BCUT2D eigenvalue weighted by molar-refractivity contribution is 5.90. The minimum Gasteiger partial charge on any atom is -0.508 e. The summed E-state index contributed by atoms with van der Waals surface area (Å²) in [5.74, 6) is -9.30. The molecule has 0 radical (unpaired) electrons. The maximum atomic E-state index is 14.7. The number of esters is 5. The number of hydrogen-bond acceptors (Lipinski definition) is 35. The Hall–Kier alpha value is -8.35. The molecule has 0 unspecified atom stereocenters. The second-order valence-corrected chi connectivity index (χ2v) is 24.1. The highest BCUT2D eigenvalue weighted by atomic mass is 16.8. The van der Waals surface area contributed by atoms with Gasteiger partial charge >= 0.3 is 29.8 Å². The van der Waals surface area contributed by atoms with Crippen LogP contribution in [0.2, 0.25) is 0 Å². The van der Waals surface area contributed by atoms with Crippen LogP contribution in [0.1, 0.15) is 40.9 Å². The number of rotatable bonds is 27. The van der Waals surface area contributed by atoms with Crippen molar-refractivity contribution >= 4 is 48.1 Å². The van der Waals surface area contributed by atoms with Gasteiger partial charge in [0.05, 0.1) is 39.1 Å². The van der Waals surface area contributed by atoms with Crippen LogP contribution in [0.4, 0.5) is 0 Å². The number of hydrogen-bond donors (Lipinski definition) is 14. The van der Waals surface area contributed by atoms with Crippen molar-refractivity contribution in [1.29, 1.82) is 0 Å². The van der Waals surface area contributed by atoms with Crippen LogP contribution in [0.5, 0.6) is 28.7 Å².